The van der Waals surface area contributed by atoms with E-state index in [2.05, 4.69) is 74.4 Å². The van der Waals surface area contributed by atoms with Gasteiger partial charge in [0.05, 0.1) is 19.5 Å². The van der Waals surface area contributed by atoms with Gasteiger partial charge in [-0.2, -0.15) is 0 Å². The number of furan rings is 1. The molecule has 2 aromatic heterocycles. The summed E-state index contributed by atoms with van der Waals surface area (Å²) in [5.41, 5.74) is 5.28. The molecular weight excluding hydrogens is 428 g/mol. The van der Waals surface area contributed by atoms with Crippen molar-refractivity contribution in [3.8, 4) is 11.5 Å². The summed E-state index contributed by atoms with van der Waals surface area (Å²) < 4.78 is 11.5. The molecule has 0 atom stereocenters. The predicted octanol–water partition coefficient (Wildman–Crippen LogP) is 3.75. The number of nitrogens with zero attached hydrogens (tertiary/aromatic N) is 5. The van der Waals surface area contributed by atoms with Crippen LogP contribution in [0.1, 0.15) is 11.1 Å². The fraction of sp³-hybridized carbons (Fsp3) is 0.385. The van der Waals surface area contributed by atoms with E-state index in [-0.39, 0.29) is 0 Å². The van der Waals surface area contributed by atoms with Gasteiger partial charge in [-0.3, -0.25) is 4.90 Å². The predicted molar refractivity (Wildman–Crippen MR) is 134 cm³/mol. The number of ether oxygens (including phenoxy) is 1. The smallest absolute Gasteiger partial charge is 0.227 e. The monoisotopic (exact) mass is 460 g/mol. The third-order valence-corrected chi connectivity index (χ3v) is 6.25. The average Bonchev–Trinajstić information content (AvgIpc) is 3.31. The zero-order chi connectivity index (χ0) is 23.3. The molecule has 0 saturated carbocycles. The standard InChI is InChI=1S/C26H32N6O2/c1-30-10-12-32(13-11-30)24-6-5-22-16-21(24)17-31(2)9-3-4-14-33-18-20-15-25(34-19-20)23-7-8-27-26(28-22)29-23/h3-8,15-16,19H,9-14,17-18H2,1-2H3,(H,27,28,29)/b4-3+. The van der Waals surface area contributed by atoms with Gasteiger partial charge in [0, 0.05) is 62.4 Å². The van der Waals surface area contributed by atoms with E-state index in [1.54, 1.807) is 12.5 Å². The second-order valence-electron chi connectivity index (χ2n) is 9.03. The van der Waals surface area contributed by atoms with Crippen LogP contribution < -0.4 is 10.2 Å². The maximum absolute atomic E-state index is 5.79. The lowest BCUT2D eigenvalue weighted by atomic mass is 10.1. The van der Waals surface area contributed by atoms with E-state index in [1.807, 2.05) is 12.1 Å². The SMILES string of the molecule is CN1CCN(c2ccc3cc2CN(C)C/C=C/COCc2coc(c2)-c2ccnc(n2)N3)CC1. The quantitative estimate of drug-likeness (QED) is 0.551. The summed E-state index contributed by atoms with van der Waals surface area (Å²) in [6, 6.07) is 10.4. The van der Waals surface area contributed by atoms with E-state index in [1.165, 1.54) is 11.3 Å². The summed E-state index contributed by atoms with van der Waals surface area (Å²) in [6.45, 7) is 6.99. The van der Waals surface area contributed by atoms with Gasteiger partial charge in [-0.15, -0.1) is 0 Å². The molecule has 1 N–H and O–H groups in total. The minimum absolute atomic E-state index is 0.499. The molecular formula is C26H32N6O2. The van der Waals surface area contributed by atoms with Crippen molar-refractivity contribution in [1.82, 2.24) is 19.8 Å². The molecule has 1 aromatic carbocycles. The second-order valence-corrected chi connectivity index (χ2v) is 9.03. The number of hydrogen-bond acceptors (Lipinski definition) is 8. The topological polar surface area (TPSA) is 69.9 Å². The summed E-state index contributed by atoms with van der Waals surface area (Å²) in [6.07, 6.45) is 7.72. The third-order valence-electron chi connectivity index (χ3n) is 6.25. The second kappa shape index (κ2) is 10.4. The highest BCUT2D eigenvalue weighted by Crippen LogP contribution is 2.28. The van der Waals surface area contributed by atoms with Crippen LogP contribution in [-0.2, 0) is 17.9 Å². The lowest BCUT2D eigenvalue weighted by Gasteiger charge is -2.35. The van der Waals surface area contributed by atoms with Crippen LogP contribution in [0.5, 0.6) is 0 Å². The summed E-state index contributed by atoms with van der Waals surface area (Å²) in [7, 11) is 4.34. The minimum Gasteiger partial charge on any atom is -0.462 e. The number of likely N-dealkylation sites (N-methyl/N-ethyl adjacent to an activating group) is 2. The molecule has 8 nitrogen and oxygen atoms in total. The summed E-state index contributed by atoms with van der Waals surface area (Å²) in [5, 5.41) is 3.39. The molecule has 178 valence electrons. The molecule has 0 amide bonds. The fourth-order valence-corrected chi connectivity index (χ4v) is 4.34. The molecule has 34 heavy (non-hydrogen) atoms. The maximum Gasteiger partial charge on any atom is 0.227 e. The Morgan fingerprint density at radius 2 is 1.85 bits per heavy atom. The molecule has 0 aliphatic carbocycles. The molecule has 3 aromatic rings. The minimum atomic E-state index is 0.499. The lowest BCUT2D eigenvalue weighted by Crippen LogP contribution is -2.45. The summed E-state index contributed by atoms with van der Waals surface area (Å²) in [5.74, 6) is 1.25. The van der Waals surface area contributed by atoms with Gasteiger partial charge in [-0.1, -0.05) is 12.2 Å². The number of piperazine rings is 1. The first-order valence-corrected chi connectivity index (χ1v) is 11.8. The number of fused-ring (bicyclic) bond motifs is 7. The number of rotatable bonds is 1. The molecule has 1 saturated heterocycles. The van der Waals surface area contributed by atoms with Crippen molar-refractivity contribution in [2.75, 3.05) is 63.6 Å². The number of benzene rings is 1. The zero-order valence-corrected chi connectivity index (χ0v) is 19.9. The molecule has 2 aliphatic heterocycles. The van der Waals surface area contributed by atoms with Crippen molar-refractivity contribution in [2.45, 2.75) is 13.2 Å². The summed E-state index contributed by atoms with van der Waals surface area (Å²) >= 11 is 0. The highest BCUT2D eigenvalue weighted by Gasteiger charge is 2.18. The molecule has 8 heteroatoms. The Kier molecular flexibility index (Phi) is 6.89. The molecule has 5 rings (SSSR count). The van der Waals surface area contributed by atoms with Crippen molar-refractivity contribution in [3.63, 3.8) is 0 Å². The van der Waals surface area contributed by atoms with E-state index in [4.69, 9.17) is 9.15 Å². The van der Waals surface area contributed by atoms with Crippen molar-refractivity contribution < 1.29 is 9.15 Å². The van der Waals surface area contributed by atoms with Gasteiger partial charge >= 0.3 is 0 Å². The van der Waals surface area contributed by atoms with Crippen LogP contribution in [0.3, 0.4) is 0 Å². The Labute approximate surface area is 200 Å². The number of aromatic nitrogens is 2. The Hall–Kier alpha value is -3.20. The van der Waals surface area contributed by atoms with Crippen molar-refractivity contribution in [2.24, 2.45) is 0 Å². The Morgan fingerprint density at radius 3 is 2.74 bits per heavy atom. The molecule has 6 bridgehead atoms. The Bertz CT molecular complexity index is 1140. The number of anilines is 3. The van der Waals surface area contributed by atoms with Gasteiger partial charge in [-0.25, -0.2) is 9.97 Å². The van der Waals surface area contributed by atoms with Gasteiger partial charge in [0.25, 0.3) is 0 Å². The highest BCUT2D eigenvalue weighted by molar-refractivity contribution is 5.65. The van der Waals surface area contributed by atoms with E-state index in [0.29, 0.717) is 24.9 Å². The van der Waals surface area contributed by atoms with Crippen LogP contribution in [0.25, 0.3) is 11.5 Å². The first-order chi connectivity index (χ1) is 16.6. The first-order valence-electron chi connectivity index (χ1n) is 11.8. The molecule has 0 spiro atoms. The molecule has 2 aliphatic rings. The van der Waals surface area contributed by atoms with E-state index in [0.717, 1.165) is 56.2 Å². The number of nitrogens with one attached hydrogen (secondary N) is 1. The van der Waals surface area contributed by atoms with Gasteiger partial charge in [-0.05, 0) is 50.0 Å². The molecule has 0 unspecified atom stereocenters. The normalized spacial score (nSPS) is 19.2. The van der Waals surface area contributed by atoms with Gasteiger partial charge in [0.1, 0.15) is 5.69 Å². The van der Waals surface area contributed by atoms with Gasteiger partial charge < -0.3 is 24.3 Å². The Morgan fingerprint density at radius 1 is 0.971 bits per heavy atom. The molecule has 1 fully saturated rings. The van der Waals surface area contributed by atoms with Crippen molar-refractivity contribution >= 4 is 17.3 Å². The highest BCUT2D eigenvalue weighted by atomic mass is 16.5. The van der Waals surface area contributed by atoms with Crippen molar-refractivity contribution in [1.29, 1.82) is 0 Å². The van der Waals surface area contributed by atoms with Crippen LogP contribution in [-0.4, -0.2) is 73.2 Å². The largest absolute Gasteiger partial charge is 0.462 e. The average molecular weight is 461 g/mol. The third kappa shape index (κ3) is 5.47. The number of hydrogen-bond donors (Lipinski definition) is 1. The first kappa shape index (κ1) is 22.6. The van der Waals surface area contributed by atoms with Crippen LogP contribution in [0.4, 0.5) is 17.3 Å². The molecule has 0 radical (unpaired) electrons. The summed E-state index contributed by atoms with van der Waals surface area (Å²) in [4.78, 5) is 16.3. The maximum atomic E-state index is 5.79. The van der Waals surface area contributed by atoms with Crippen LogP contribution in [0, 0.1) is 0 Å². The van der Waals surface area contributed by atoms with E-state index >= 15 is 0 Å². The van der Waals surface area contributed by atoms with Crippen LogP contribution >= 0.6 is 0 Å². The molecule has 4 heterocycles. The van der Waals surface area contributed by atoms with Gasteiger partial charge in [0.15, 0.2) is 5.76 Å². The Balaban J connectivity index is 1.47. The fourth-order valence-electron chi connectivity index (χ4n) is 4.34. The van der Waals surface area contributed by atoms with Crippen LogP contribution in [0.15, 0.2) is 59.4 Å². The van der Waals surface area contributed by atoms with Crippen molar-refractivity contribution in [3.05, 3.63) is 66.1 Å². The van der Waals surface area contributed by atoms with Crippen LogP contribution in [0.2, 0.25) is 0 Å². The van der Waals surface area contributed by atoms with Gasteiger partial charge in [0.2, 0.25) is 5.95 Å². The lowest BCUT2D eigenvalue weighted by molar-refractivity contribution is 0.148. The van der Waals surface area contributed by atoms with E-state index < -0.39 is 0 Å². The zero-order valence-electron chi connectivity index (χ0n) is 19.9. The van der Waals surface area contributed by atoms with E-state index in [9.17, 15) is 0 Å².